The van der Waals surface area contributed by atoms with Crippen LogP contribution in [0, 0.1) is 5.82 Å². The van der Waals surface area contributed by atoms with E-state index in [1.54, 1.807) is 0 Å². The van der Waals surface area contributed by atoms with E-state index in [1.807, 2.05) is 0 Å². The summed E-state index contributed by atoms with van der Waals surface area (Å²) in [7, 11) is -3.50. The van der Waals surface area contributed by atoms with Crippen LogP contribution in [0.2, 0.25) is 0 Å². The van der Waals surface area contributed by atoms with E-state index in [-0.39, 0.29) is 17.3 Å². The highest BCUT2D eigenvalue weighted by molar-refractivity contribution is 9.10. The van der Waals surface area contributed by atoms with E-state index in [0.29, 0.717) is 4.47 Å². The van der Waals surface area contributed by atoms with Crippen molar-refractivity contribution in [2.45, 2.75) is 0 Å². The Morgan fingerprint density at radius 2 is 2.13 bits per heavy atom. The molecular formula is C8H8BrClFNO2S. The summed E-state index contributed by atoms with van der Waals surface area (Å²) < 4.78 is 38.2. The third-order valence-corrected chi connectivity index (χ3v) is 3.92. The monoisotopic (exact) mass is 315 g/mol. The predicted molar refractivity (Wildman–Crippen MR) is 62.2 cm³/mol. The molecule has 1 rings (SSSR count). The third-order valence-electron chi connectivity index (χ3n) is 1.54. The summed E-state index contributed by atoms with van der Waals surface area (Å²) in [5.41, 5.74) is 0.167. The summed E-state index contributed by atoms with van der Waals surface area (Å²) in [6.45, 7) is 0. The quantitative estimate of drug-likeness (QED) is 0.868. The lowest BCUT2D eigenvalue weighted by Crippen LogP contribution is -2.17. The number of anilines is 1. The summed E-state index contributed by atoms with van der Waals surface area (Å²) in [4.78, 5) is 0. The van der Waals surface area contributed by atoms with Crippen molar-refractivity contribution in [3.63, 3.8) is 0 Å². The molecule has 0 fully saturated rings. The van der Waals surface area contributed by atoms with E-state index in [9.17, 15) is 12.8 Å². The first-order valence-electron chi connectivity index (χ1n) is 3.96. The highest BCUT2D eigenvalue weighted by Gasteiger charge is 2.11. The third kappa shape index (κ3) is 3.96. The first-order valence-corrected chi connectivity index (χ1v) is 6.94. The maximum absolute atomic E-state index is 12.8. The Bertz CT molecular complexity index is 452. The molecule has 0 saturated heterocycles. The summed E-state index contributed by atoms with van der Waals surface area (Å²) >= 11 is 8.43. The zero-order valence-electron chi connectivity index (χ0n) is 7.50. The molecular weight excluding hydrogens is 309 g/mol. The number of hydrogen-bond acceptors (Lipinski definition) is 2. The molecule has 0 atom stereocenters. The standard InChI is InChI=1S/C8H8BrClFNO2S/c9-7-2-1-6(11)5-8(7)12-15(13,14)4-3-10/h1-2,5,12H,3-4H2. The molecule has 0 aromatic heterocycles. The first kappa shape index (κ1) is 12.7. The molecule has 7 heteroatoms. The molecule has 0 aliphatic heterocycles. The number of alkyl halides is 1. The van der Waals surface area contributed by atoms with Crippen molar-refractivity contribution in [1.29, 1.82) is 0 Å². The highest BCUT2D eigenvalue weighted by atomic mass is 79.9. The minimum absolute atomic E-state index is 0.0116. The van der Waals surface area contributed by atoms with E-state index in [1.165, 1.54) is 12.1 Å². The van der Waals surface area contributed by atoms with Crippen LogP contribution < -0.4 is 4.72 Å². The van der Waals surface area contributed by atoms with Crippen LogP contribution in [0.3, 0.4) is 0 Å². The minimum Gasteiger partial charge on any atom is -0.282 e. The summed E-state index contributed by atoms with van der Waals surface area (Å²) in [6, 6.07) is 3.74. The van der Waals surface area contributed by atoms with Crippen molar-refractivity contribution in [2.75, 3.05) is 16.4 Å². The largest absolute Gasteiger partial charge is 0.282 e. The van der Waals surface area contributed by atoms with E-state index >= 15 is 0 Å². The van der Waals surface area contributed by atoms with Crippen molar-refractivity contribution >= 4 is 43.2 Å². The zero-order chi connectivity index (χ0) is 11.5. The van der Waals surface area contributed by atoms with Gasteiger partial charge in [-0.1, -0.05) is 0 Å². The van der Waals surface area contributed by atoms with Gasteiger partial charge in [-0.25, -0.2) is 12.8 Å². The average molecular weight is 317 g/mol. The van der Waals surface area contributed by atoms with E-state index in [2.05, 4.69) is 20.7 Å². The molecule has 84 valence electrons. The fraction of sp³-hybridized carbons (Fsp3) is 0.250. The molecule has 0 amide bonds. The van der Waals surface area contributed by atoms with Crippen LogP contribution in [0.1, 0.15) is 0 Å². The Kier molecular flexibility index (Phi) is 4.36. The number of halogens is 3. The van der Waals surface area contributed by atoms with Crippen molar-refractivity contribution in [2.24, 2.45) is 0 Å². The van der Waals surface area contributed by atoms with Crippen LogP contribution in [-0.2, 0) is 10.0 Å². The molecule has 0 heterocycles. The molecule has 0 aliphatic carbocycles. The molecule has 1 N–H and O–H groups in total. The molecule has 0 saturated carbocycles. The van der Waals surface area contributed by atoms with Crippen LogP contribution in [0.4, 0.5) is 10.1 Å². The van der Waals surface area contributed by atoms with Crippen LogP contribution in [-0.4, -0.2) is 20.1 Å². The van der Waals surface area contributed by atoms with Crippen LogP contribution >= 0.6 is 27.5 Å². The summed E-state index contributed by atoms with van der Waals surface area (Å²) in [5.74, 6) is -0.735. The average Bonchev–Trinajstić information content (AvgIpc) is 2.10. The van der Waals surface area contributed by atoms with Gasteiger partial charge in [-0.2, -0.15) is 0 Å². The Morgan fingerprint density at radius 3 is 2.73 bits per heavy atom. The molecule has 0 aliphatic rings. The van der Waals surface area contributed by atoms with E-state index in [0.717, 1.165) is 6.07 Å². The number of nitrogens with one attached hydrogen (secondary N) is 1. The lowest BCUT2D eigenvalue weighted by molar-refractivity contribution is 0.602. The SMILES string of the molecule is O=S(=O)(CCCl)Nc1cc(F)ccc1Br. The molecule has 1 aromatic carbocycles. The van der Waals surface area contributed by atoms with Crippen LogP contribution in [0.25, 0.3) is 0 Å². The van der Waals surface area contributed by atoms with Crippen molar-refractivity contribution in [3.8, 4) is 0 Å². The lowest BCUT2D eigenvalue weighted by Gasteiger charge is -2.08. The molecule has 1 aromatic rings. The number of rotatable bonds is 4. The molecule has 15 heavy (non-hydrogen) atoms. The molecule has 0 unspecified atom stereocenters. The Balaban J connectivity index is 2.94. The summed E-state index contributed by atoms with van der Waals surface area (Å²) in [6.07, 6.45) is 0. The number of sulfonamides is 1. The normalized spacial score (nSPS) is 11.4. The Labute approximate surface area is 101 Å². The van der Waals surface area contributed by atoms with Crippen molar-refractivity contribution in [1.82, 2.24) is 0 Å². The second kappa shape index (κ2) is 5.14. The van der Waals surface area contributed by atoms with Gasteiger partial charge in [-0.3, -0.25) is 4.72 Å². The number of benzene rings is 1. The van der Waals surface area contributed by atoms with Gasteiger partial charge >= 0.3 is 0 Å². The van der Waals surface area contributed by atoms with Crippen LogP contribution in [0.5, 0.6) is 0 Å². The molecule has 3 nitrogen and oxygen atoms in total. The summed E-state index contributed by atoms with van der Waals surface area (Å²) in [5, 5.41) is 0. The second-order valence-electron chi connectivity index (χ2n) is 2.73. The maximum atomic E-state index is 12.8. The highest BCUT2D eigenvalue weighted by Crippen LogP contribution is 2.24. The Hall–Kier alpha value is -0.330. The van der Waals surface area contributed by atoms with Gasteiger partial charge in [0.15, 0.2) is 0 Å². The van der Waals surface area contributed by atoms with Gasteiger partial charge in [0.2, 0.25) is 10.0 Å². The maximum Gasteiger partial charge on any atom is 0.233 e. The van der Waals surface area contributed by atoms with Gasteiger partial charge in [0.1, 0.15) is 5.82 Å². The second-order valence-corrected chi connectivity index (χ2v) is 5.81. The Morgan fingerprint density at radius 1 is 1.47 bits per heavy atom. The predicted octanol–water partition coefficient (Wildman–Crippen LogP) is 2.57. The number of hydrogen-bond donors (Lipinski definition) is 1. The van der Waals surface area contributed by atoms with Crippen molar-refractivity contribution in [3.05, 3.63) is 28.5 Å². The molecule has 0 radical (unpaired) electrons. The van der Waals surface area contributed by atoms with Gasteiger partial charge < -0.3 is 0 Å². The van der Waals surface area contributed by atoms with E-state index < -0.39 is 15.8 Å². The van der Waals surface area contributed by atoms with Crippen LogP contribution in [0.15, 0.2) is 22.7 Å². The molecule has 0 bridgehead atoms. The van der Waals surface area contributed by atoms with Gasteiger partial charge in [-0.05, 0) is 34.1 Å². The fourth-order valence-electron chi connectivity index (χ4n) is 0.896. The van der Waals surface area contributed by atoms with Gasteiger partial charge in [-0.15, -0.1) is 11.6 Å². The van der Waals surface area contributed by atoms with Crippen molar-refractivity contribution < 1.29 is 12.8 Å². The molecule has 0 spiro atoms. The van der Waals surface area contributed by atoms with Gasteiger partial charge in [0.25, 0.3) is 0 Å². The minimum atomic E-state index is -3.50. The van der Waals surface area contributed by atoms with Gasteiger partial charge in [0.05, 0.1) is 11.4 Å². The van der Waals surface area contributed by atoms with E-state index in [4.69, 9.17) is 11.6 Å². The van der Waals surface area contributed by atoms with Gasteiger partial charge in [0, 0.05) is 10.4 Å². The lowest BCUT2D eigenvalue weighted by atomic mass is 10.3. The zero-order valence-corrected chi connectivity index (χ0v) is 10.7. The smallest absolute Gasteiger partial charge is 0.233 e. The topological polar surface area (TPSA) is 46.2 Å². The fourth-order valence-corrected chi connectivity index (χ4v) is 2.79. The first-order chi connectivity index (χ1) is 6.94.